The number of benzene rings is 1. The van der Waals surface area contributed by atoms with Crippen LogP contribution in [-0.2, 0) is 12.8 Å². The van der Waals surface area contributed by atoms with E-state index in [9.17, 15) is 4.39 Å². The molecule has 0 aliphatic rings. The Balaban J connectivity index is 0.00000220. The number of nitrogens with one attached hydrogen (secondary N) is 1. The SMILES string of the molecule is CNC(C)Cc1noc(CCOc2ccc(F)cc2)n1.Cl. The third-order valence-electron chi connectivity index (χ3n) is 2.89. The highest BCUT2D eigenvalue weighted by Gasteiger charge is 2.09. The summed E-state index contributed by atoms with van der Waals surface area (Å²) in [4.78, 5) is 4.29. The van der Waals surface area contributed by atoms with Crippen LogP contribution in [0.25, 0.3) is 0 Å². The fraction of sp³-hybridized carbons (Fsp3) is 0.429. The number of hydrogen-bond donors (Lipinski definition) is 1. The lowest BCUT2D eigenvalue weighted by Crippen LogP contribution is -2.24. The lowest BCUT2D eigenvalue weighted by molar-refractivity contribution is 0.291. The van der Waals surface area contributed by atoms with Crippen molar-refractivity contribution < 1.29 is 13.7 Å². The van der Waals surface area contributed by atoms with Gasteiger partial charge < -0.3 is 14.6 Å². The molecule has 5 nitrogen and oxygen atoms in total. The predicted molar refractivity (Wildman–Crippen MR) is 79.4 cm³/mol. The quantitative estimate of drug-likeness (QED) is 0.850. The molecule has 0 aliphatic carbocycles. The molecule has 21 heavy (non-hydrogen) atoms. The van der Waals surface area contributed by atoms with E-state index in [1.54, 1.807) is 12.1 Å². The number of aromatic nitrogens is 2. The van der Waals surface area contributed by atoms with Crippen molar-refractivity contribution in [3.63, 3.8) is 0 Å². The highest BCUT2D eigenvalue weighted by Crippen LogP contribution is 2.11. The van der Waals surface area contributed by atoms with Crippen molar-refractivity contribution in [3.05, 3.63) is 41.8 Å². The molecule has 1 atom stereocenters. The molecule has 0 spiro atoms. The van der Waals surface area contributed by atoms with Gasteiger partial charge in [-0.3, -0.25) is 0 Å². The van der Waals surface area contributed by atoms with Crippen LogP contribution < -0.4 is 10.1 Å². The molecule has 1 aromatic heterocycles. The Labute approximate surface area is 129 Å². The Kier molecular flexibility index (Phi) is 7.11. The summed E-state index contributed by atoms with van der Waals surface area (Å²) in [5.41, 5.74) is 0. The molecule has 0 radical (unpaired) electrons. The minimum absolute atomic E-state index is 0. The summed E-state index contributed by atoms with van der Waals surface area (Å²) < 4.78 is 23.3. The van der Waals surface area contributed by atoms with Gasteiger partial charge in [0.25, 0.3) is 0 Å². The van der Waals surface area contributed by atoms with Crippen LogP contribution in [0.4, 0.5) is 4.39 Å². The van der Waals surface area contributed by atoms with Crippen LogP contribution in [0.5, 0.6) is 5.75 Å². The Morgan fingerprint density at radius 2 is 2.05 bits per heavy atom. The smallest absolute Gasteiger partial charge is 0.230 e. The van der Waals surface area contributed by atoms with Gasteiger partial charge in [-0.15, -0.1) is 12.4 Å². The molecule has 0 fully saturated rings. The average molecular weight is 316 g/mol. The van der Waals surface area contributed by atoms with Crippen molar-refractivity contribution >= 4 is 12.4 Å². The van der Waals surface area contributed by atoms with Crippen LogP contribution in [0.1, 0.15) is 18.6 Å². The predicted octanol–water partition coefficient (Wildman–Crippen LogP) is 2.40. The van der Waals surface area contributed by atoms with E-state index in [1.165, 1.54) is 12.1 Å². The van der Waals surface area contributed by atoms with Gasteiger partial charge in [-0.25, -0.2) is 4.39 Å². The Morgan fingerprint density at radius 3 is 2.71 bits per heavy atom. The summed E-state index contributed by atoms with van der Waals surface area (Å²) in [6.07, 6.45) is 1.25. The molecule has 1 unspecified atom stereocenters. The van der Waals surface area contributed by atoms with Gasteiger partial charge in [-0.1, -0.05) is 5.16 Å². The lowest BCUT2D eigenvalue weighted by Gasteiger charge is -2.05. The maximum absolute atomic E-state index is 12.7. The van der Waals surface area contributed by atoms with Gasteiger partial charge in [0.2, 0.25) is 5.89 Å². The molecule has 0 aliphatic heterocycles. The van der Waals surface area contributed by atoms with Gasteiger partial charge in [0.1, 0.15) is 11.6 Å². The third-order valence-corrected chi connectivity index (χ3v) is 2.89. The molecule has 1 heterocycles. The van der Waals surface area contributed by atoms with Gasteiger partial charge in [-0.05, 0) is 38.2 Å². The first-order chi connectivity index (χ1) is 9.67. The zero-order valence-corrected chi connectivity index (χ0v) is 12.8. The minimum Gasteiger partial charge on any atom is -0.493 e. The van der Waals surface area contributed by atoms with E-state index < -0.39 is 0 Å². The molecule has 1 N–H and O–H groups in total. The van der Waals surface area contributed by atoms with Crippen molar-refractivity contribution in [1.29, 1.82) is 0 Å². The van der Waals surface area contributed by atoms with E-state index >= 15 is 0 Å². The number of likely N-dealkylation sites (N-methyl/N-ethyl adjacent to an activating group) is 1. The Bertz CT molecular complexity index is 533. The van der Waals surface area contributed by atoms with Crippen molar-refractivity contribution in [1.82, 2.24) is 15.5 Å². The van der Waals surface area contributed by atoms with E-state index in [1.807, 2.05) is 14.0 Å². The van der Waals surface area contributed by atoms with Crippen LogP contribution in [0.2, 0.25) is 0 Å². The van der Waals surface area contributed by atoms with Gasteiger partial charge >= 0.3 is 0 Å². The molecule has 0 amide bonds. The first-order valence-electron chi connectivity index (χ1n) is 6.54. The Morgan fingerprint density at radius 1 is 1.33 bits per heavy atom. The molecule has 0 bridgehead atoms. The van der Waals surface area contributed by atoms with Gasteiger partial charge in [-0.2, -0.15) is 4.98 Å². The number of ether oxygens (including phenoxy) is 1. The van der Waals surface area contributed by atoms with Crippen molar-refractivity contribution in [2.45, 2.75) is 25.8 Å². The third kappa shape index (κ3) is 5.69. The zero-order chi connectivity index (χ0) is 14.4. The maximum atomic E-state index is 12.7. The highest BCUT2D eigenvalue weighted by atomic mass is 35.5. The zero-order valence-electron chi connectivity index (χ0n) is 12.0. The second-order valence-corrected chi connectivity index (χ2v) is 4.55. The van der Waals surface area contributed by atoms with E-state index in [-0.39, 0.29) is 18.2 Å². The fourth-order valence-corrected chi connectivity index (χ4v) is 1.64. The topological polar surface area (TPSA) is 60.2 Å². The van der Waals surface area contributed by atoms with E-state index in [0.29, 0.717) is 36.5 Å². The second kappa shape index (κ2) is 8.59. The summed E-state index contributed by atoms with van der Waals surface area (Å²) >= 11 is 0. The number of rotatable bonds is 7. The van der Waals surface area contributed by atoms with Gasteiger partial charge in [0.15, 0.2) is 5.82 Å². The van der Waals surface area contributed by atoms with Gasteiger partial charge in [0.05, 0.1) is 13.0 Å². The number of nitrogens with zero attached hydrogens (tertiary/aromatic N) is 2. The number of hydrogen-bond acceptors (Lipinski definition) is 5. The van der Waals surface area contributed by atoms with Crippen LogP contribution >= 0.6 is 12.4 Å². The highest BCUT2D eigenvalue weighted by molar-refractivity contribution is 5.85. The molecular weight excluding hydrogens is 297 g/mol. The normalized spacial score (nSPS) is 11.8. The van der Waals surface area contributed by atoms with Crippen molar-refractivity contribution in [2.24, 2.45) is 0 Å². The van der Waals surface area contributed by atoms with E-state index in [0.717, 1.165) is 6.42 Å². The standard InChI is InChI=1S/C14H18FN3O2.ClH/c1-10(16-2)9-13-17-14(20-18-13)7-8-19-12-5-3-11(15)4-6-12;/h3-6,10,16H,7-9H2,1-2H3;1H. The molecule has 2 rings (SSSR count). The first kappa shape index (κ1) is 17.4. The fourth-order valence-electron chi connectivity index (χ4n) is 1.64. The molecular formula is C14H19ClFN3O2. The van der Waals surface area contributed by atoms with Crippen LogP contribution in [0, 0.1) is 5.82 Å². The van der Waals surface area contributed by atoms with Crippen molar-refractivity contribution in [3.8, 4) is 5.75 Å². The summed E-state index contributed by atoms with van der Waals surface area (Å²) in [7, 11) is 1.89. The monoisotopic (exact) mass is 315 g/mol. The van der Waals surface area contributed by atoms with Crippen LogP contribution in [0.15, 0.2) is 28.8 Å². The van der Waals surface area contributed by atoms with Crippen LogP contribution in [0.3, 0.4) is 0 Å². The molecule has 116 valence electrons. The average Bonchev–Trinajstić information content (AvgIpc) is 2.88. The molecule has 0 saturated carbocycles. The summed E-state index contributed by atoms with van der Waals surface area (Å²) in [6, 6.07) is 6.20. The summed E-state index contributed by atoms with van der Waals surface area (Å²) in [6.45, 7) is 2.46. The van der Waals surface area contributed by atoms with E-state index in [2.05, 4.69) is 15.5 Å². The second-order valence-electron chi connectivity index (χ2n) is 4.55. The first-order valence-corrected chi connectivity index (χ1v) is 6.54. The lowest BCUT2D eigenvalue weighted by atomic mass is 10.2. The molecule has 1 aromatic carbocycles. The summed E-state index contributed by atoms with van der Waals surface area (Å²) in [5.74, 6) is 1.57. The number of halogens is 2. The van der Waals surface area contributed by atoms with E-state index in [4.69, 9.17) is 9.26 Å². The van der Waals surface area contributed by atoms with Gasteiger partial charge in [0, 0.05) is 12.5 Å². The molecule has 0 saturated heterocycles. The molecule has 2 aromatic rings. The Hall–Kier alpha value is -1.66. The minimum atomic E-state index is -0.280. The largest absolute Gasteiger partial charge is 0.493 e. The van der Waals surface area contributed by atoms with Crippen molar-refractivity contribution in [2.75, 3.05) is 13.7 Å². The van der Waals surface area contributed by atoms with Crippen LogP contribution in [-0.4, -0.2) is 29.8 Å². The molecule has 7 heteroatoms. The maximum Gasteiger partial charge on any atom is 0.230 e. The summed E-state index contributed by atoms with van der Waals surface area (Å²) in [5, 5.41) is 7.03.